The van der Waals surface area contributed by atoms with Crippen molar-refractivity contribution >= 4 is 28.1 Å². The van der Waals surface area contributed by atoms with Gasteiger partial charge in [-0.25, -0.2) is 19.3 Å². The molecule has 3 aromatic heterocycles. The van der Waals surface area contributed by atoms with E-state index >= 15 is 0 Å². The summed E-state index contributed by atoms with van der Waals surface area (Å²) in [5, 5.41) is 4.40. The molecule has 0 amide bonds. The fraction of sp³-hybridized carbons (Fsp3) is 0.143. The molecule has 29 heavy (non-hydrogen) atoms. The van der Waals surface area contributed by atoms with Crippen molar-refractivity contribution in [1.29, 1.82) is 0 Å². The van der Waals surface area contributed by atoms with Gasteiger partial charge in [0.1, 0.15) is 11.5 Å². The number of pyridine rings is 1. The van der Waals surface area contributed by atoms with Gasteiger partial charge in [0.2, 0.25) is 0 Å². The van der Waals surface area contributed by atoms with E-state index in [1.165, 1.54) is 23.5 Å². The van der Waals surface area contributed by atoms with Gasteiger partial charge in [-0.3, -0.25) is 4.98 Å². The van der Waals surface area contributed by atoms with Crippen molar-refractivity contribution in [3.05, 3.63) is 65.7 Å². The van der Waals surface area contributed by atoms with Crippen LogP contribution in [0.15, 0.2) is 54.9 Å². The van der Waals surface area contributed by atoms with Crippen molar-refractivity contribution in [1.82, 2.24) is 19.9 Å². The Hall–Kier alpha value is -2.90. The molecule has 0 aliphatic rings. The first-order valence-electron chi connectivity index (χ1n) is 9.10. The highest BCUT2D eigenvalue weighted by molar-refractivity contribution is 7.18. The molecule has 1 N–H and O–H groups in total. The van der Waals surface area contributed by atoms with E-state index in [9.17, 15) is 4.39 Å². The predicted molar refractivity (Wildman–Crippen MR) is 116 cm³/mol. The molecule has 0 saturated carbocycles. The lowest BCUT2D eigenvalue weighted by molar-refractivity contribution is 0.628. The average molecular weight is 426 g/mol. The molecule has 146 valence electrons. The number of nitrogens with zero attached hydrogens (tertiary/aromatic N) is 4. The fourth-order valence-corrected chi connectivity index (χ4v) is 3.79. The molecule has 5 nitrogen and oxygen atoms in total. The van der Waals surface area contributed by atoms with Crippen LogP contribution in [0.3, 0.4) is 0 Å². The summed E-state index contributed by atoms with van der Waals surface area (Å²) in [6.45, 7) is 2.95. The topological polar surface area (TPSA) is 63.6 Å². The number of hydrogen-bond donors (Lipinski definition) is 1. The highest BCUT2D eigenvalue weighted by Crippen LogP contribution is 2.34. The molecule has 1 aromatic carbocycles. The van der Waals surface area contributed by atoms with Crippen molar-refractivity contribution in [2.45, 2.75) is 13.3 Å². The Morgan fingerprint density at radius 2 is 1.90 bits per heavy atom. The standard InChI is InChI=1S/C21H17ClFN5S/c1-2-8-25-21-26-12-19(29-21)18-11-17(14-7-6-13(23)10-15(14)22)27-20(28-18)16-5-3-4-9-24-16/h3-7,9-12H,2,8H2,1H3,(H,25,26). The number of anilines is 1. The monoisotopic (exact) mass is 425 g/mol. The predicted octanol–water partition coefficient (Wildman–Crippen LogP) is 5.94. The second kappa shape index (κ2) is 8.63. The van der Waals surface area contributed by atoms with Crippen molar-refractivity contribution < 1.29 is 4.39 Å². The van der Waals surface area contributed by atoms with Gasteiger partial charge in [0, 0.05) is 24.5 Å². The van der Waals surface area contributed by atoms with Crippen LogP contribution in [-0.2, 0) is 0 Å². The van der Waals surface area contributed by atoms with Crippen LogP contribution in [0.5, 0.6) is 0 Å². The maximum Gasteiger partial charge on any atom is 0.183 e. The van der Waals surface area contributed by atoms with Crippen LogP contribution in [-0.4, -0.2) is 26.5 Å². The summed E-state index contributed by atoms with van der Waals surface area (Å²) < 4.78 is 13.5. The highest BCUT2D eigenvalue weighted by atomic mass is 35.5. The van der Waals surface area contributed by atoms with Gasteiger partial charge in [-0.15, -0.1) is 0 Å². The minimum absolute atomic E-state index is 0.288. The average Bonchev–Trinajstić information content (AvgIpc) is 3.22. The van der Waals surface area contributed by atoms with E-state index in [-0.39, 0.29) is 5.02 Å². The Labute approximate surface area is 176 Å². The van der Waals surface area contributed by atoms with Crippen molar-refractivity contribution in [2.75, 3.05) is 11.9 Å². The number of rotatable bonds is 6. The highest BCUT2D eigenvalue weighted by Gasteiger charge is 2.15. The number of aromatic nitrogens is 4. The summed E-state index contributed by atoms with van der Waals surface area (Å²) in [5.74, 6) is 0.0713. The van der Waals surface area contributed by atoms with Crippen LogP contribution in [0.4, 0.5) is 9.52 Å². The van der Waals surface area contributed by atoms with E-state index in [0.29, 0.717) is 28.5 Å². The molecule has 0 saturated heterocycles. The zero-order chi connectivity index (χ0) is 20.2. The minimum Gasteiger partial charge on any atom is -0.362 e. The second-order valence-corrected chi connectivity index (χ2v) is 7.70. The number of hydrogen-bond acceptors (Lipinski definition) is 6. The van der Waals surface area contributed by atoms with Gasteiger partial charge in [-0.2, -0.15) is 0 Å². The fourth-order valence-electron chi connectivity index (χ4n) is 2.72. The largest absolute Gasteiger partial charge is 0.362 e. The third kappa shape index (κ3) is 4.41. The zero-order valence-electron chi connectivity index (χ0n) is 15.6. The van der Waals surface area contributed by atoms with E-state index in [1.807, 2.05) is 24.3 Å². The smallest absolute Gasteiger partial charge is 0.183 e. The summed E-state index contributed by atoms with van der Waals surface area (Å²) in [6.07, 6.45) is 4.48. The van der Waals surface area contributed by atoms with Crippen LogP contribution in [0, 0.1) is 5.82 Å². The van der Waals surface area contributed by atoms with Crippen LogP contribution >= 0.6 is 22.9 Å². The normalized spacial score (nSPS) is 10.9. The van der Waals surface area contributed by atoms with Crippen LogP contribution in [0.25, 0.3) is 33.3 Å². The lowest BCUT2D eigenvalue weighted by Gasteiger charge is -2.09. The molecule has 0 atom stereocenters. The molecular formula is C21H17ClFN5S. The SMILES string of the molecule is CCCNc1ncc(-c2cc(-c3ccc(F)cc3Cl)nc(-c3ccccn3)n2)s1. The van der Waals surface area contributed by atoms with Crippen LogP contribution in [0.1, 0.15) is 13.3 Å². The lowest BCUT2D eigenvalue weighted by Crippen LogP contribution is -1.98. The maximum atomic E-state index is 13.5. The van der Waals surface area contributed by atoms with E-state index < -0.39 is 5.82 Å². The van der Waals surface area contributed by atoms with Gasteiger partial charge >= 0.3 is 0 Å². The Balaban J connectivity index is 1.83. The molecular weight excluding hydrogens is 409 g/mol. The van der Waals surface area contributed by atoms with Gasteiger partial charge in [0.15, 0.2) is 11.0 Å². The van der Waals surface area contributed by atoms with E-state index in [4.69, 9.17) is 16.6 Å². The third-order valence-corrected chi connectivity index (χ3v) is 5.40. The summed E-state index contributed by atoms with van der Waals surface area (Å²) in [6, 6.07) is 11.6. The summed E-state index contributed by atoms with van der Waals surface area (Å²) >= 11 is 7.80. The lowest BCUT2D eigenvalue weighted by atomic mass is 10.1. The van der Waals surface area contributed by atoms with Crippen molar-refractivity contribution in [2.24, 2.45) is 0 Å². The van der Waals surface area contributed by atoms with Gasteiger partial charge in [-0.1, -0.05) is 35.9 Å². The molecule has 4 rings (SSSR count). The third-order valence-electron chi connectivity index (χ3n) is 4.11. The quantitative estimate of drug-likeness (QED) is 0.414. The van der Waals surface area contributed by atoms with Crippen molar-refractivity contribution in [3.8, 4) is 33.3 Å². The molecule has 0 fully saturated rings. The molecule has 0 radical (unpaired) electrons. The van der Waals surface area contributed by atoms with E-state index in [2.05, 4.69) is 27.2 Å². The summed E-state index contributed by atoms with van der Waals surface area (Å²) in [7, 11) is 0. The maximum absolute atomic E-state index is 13.5. The number of benzene rings is 1. The van der Waals surface area contributed by atoms with Gasteiger partial charge in [0.25, 0.3) is 0 Å². The Morgan fingerprint density at radius 1 is 1.03 bits per heavy atom. The molecule has 0 bridgehead atoms. The summed E-state index contributed by atoms with van der Waals surface area (Å²) in [5.41, 5.74) is 2.57. The molecule has 0 unspecified atom stereocenters. The number of halogens is 2. The molecule has 0 aliphatic carbocycles. The van der Waals surface area contributed by atoms with Crippen molar-refractivity contribution in [3.63, 3.8) is 0 Å². The number of thiazole rings is 1. The molecule has 8 heteroatoms. The molecule has 3 heterocycles. The Kier molecular flexibility index (Phi) is 5.78. The minimum atomic E-state index is -0.396. The van der Waals surface area contributed by atoms with E-state index in [0.717, 1.165) is 23.0 Å². The first-order chi connectivity index (χ1) is 14.1. The number of nitrogens with one attached hydrogen (secondary N) is 1. The Morgan fingerprint density at radius 3 is 2.66 bits per heavy atom. The Bertz CT molecular complexity index is 1130. The molecule has 0 spiro atoms. The van der Waals surface area contributed by atoms with Gasteiger partial charge < -0.3 is 5.32 Å². The summed E-state index contributed by atoms with van der Waals surface area (Å²) in [4.78, 5) is 19.0. The van der Waals surface area contributed by atoms with Crippen LogP contribution in [0.2, 0.25) is 5.02 Å². The zero-order valence-corrected chi connectivity index (χ0v) is 17.1. The van der Waals surface area contributed by atoms with Gasteiger partial charge in [-0.05, 0) is 42.8 Å². The first kappa shape index (κ1) is 19.4. The molecule has 4 aromatic rings. The van der Waals surface area contributed by atoms with Gasteiger partial charge in [0.05, 0.1) is 21.3 Å². The first-order valence-corrected chi connectivity index (χ1v) is 10.3. The molecule has 0 aliphatic heterocycles. The second-order valence-electron chi connectivity index (χ2n) is 6.26. The van der Waals surface area contributed by atoms with Crippen LogP contribution < -0.4 is 5.32 Å². The van der Waals surface area contributed by atoms with E-state index in [1.54, 1.807) is 18.5 Å².